The summed E-state index contributed by atoms with van der Waals surface area (Å²) in [6.45, 7) is 2.92. The molecule has 1 saturated carbocycles. The fourth-order valence-electron chi connectivity index (χ4n) is 3.84. The van der Waals surface area contributed by atoms with E-state index in [0.29, 0.717) is 34.8 Å². The lowest BCUT2D eigenvalue weighted by atomic mass is 9.99. The van der Waals surface area contributed by atoms with E-state index in [9.17, 15) is 18.8 Å². The summed E-state index contributed by atoms with van der Waals surface area (Å²) >= 11 is 6.50. The molecule has 0 bridgehead atoms. The van der Waals surface area contributed by atoms with E-state index in [-0.39, 0.29) is 16.4 Å². The zero-order valence-corrected chi connectivity index (χ0v) is 20.7. The molecule has 0 atom stereocenters. The molecule has 0 heterocycles. The van der Waals surface area contributed by atoms with Gasteiger partial charge in [-0.25, -0.2) is 14.1 Å². The van der Waals surface area contributed by atoms with Gasteiger partial charge in [0.15, 0.2) is 5.78 Å². The van der Waals surface area contributed by atoms with Crippen LogP contribution < -0.4 is 4.90 Å². The average Bonchev–Trinajstić information content (AvgIpc) is 3.64. The van der Waals surface area contributed by atoms with Crippen molar-refractivity contribution in [2.45, 2.75) is 33.1 Å². The second-order valence-corrected chi connectivity index (χ2v) is 9.17. The molecule has 0 unspecified atom stereocenters. The van der Waals surface area contributed by atoms with Gasteiger partial charge < -0.3 is 9.47 Å². The summed E-state index contributed by atoms with van der Waals surface area (Å²) in [5.41, 5.74) is 2.71. The SMILES string of the molecule is Cc1ccccc1C(=O)c1ccc(N(C(=O)OCOC(=O)CC2CC2)c2ccc(F)cc2C)cc1Cl. The molecule has 186 valence electrons. The van der Waals surface area contributed by atoms with Gasteiger partial charge in [0.1, 0.15) is 5.82 Å². The number of rotatable bonds is 8. The number of ether oxygens (including phenoxy) is 2. The number of ketones is 1. The molecular formula is C28H25ClFNO5. The Labute approximate surface area is 213 Å². The predicted molar refractivity (Wildman–Crippen MR) is 134 cm³/mol. The van der Waals surface area contributed by atoms with Crippen molar-refractivity contribution in [3.05, 3.63) is 93.8 Å². The second kappa shape index (κ2) is 10.9. The van der Waals surface area contributed by atoms with Crippen molar-refractivity contribution in [2.24, 2.45) is 5.92 Å². The van der Waals surface area contributed by atoms with Crippen molar-refractivity contribution >= 4 is 40.8 Å². The number of carbonyl (C=O) groups excluding carboxylic acids is 3. The minimum Gasteiger partial charge on any atom is -0.428 e. The number of hydrogen-bond acceptors (Lipinski definition) is 5. The van der Waals surface area contributed by atoms with Gasteiger partial charge >= 0.3 is 12.1 Å². The van der Waals surface area contributed by atoms with Gasteiger partial charge in [-0.15, -0.1) is 0 Å². The molecule has 6 nitrogen and oxygen atoms in total. The van der Waals surface area contributed by atoms with Crippen LogP contribution in [0.25, 0.3) is 0 Å². The van der Waals surface area contributed by atoms with Gasteiger partial charge in [-0.2, -0.15) is 0 Å². The predicted octanol–water partition coefficient (Wildman–Crippen LogP) is 6.90. The summed E-state index contributed by atoms with van der Waals surface area (Å²) in [5, 5.41) is 0.133. The molecule has 1 aliphatic carbocycles. The highest BCUT2D eigenvalue weighted by atomic mass is 35.5. The van der Waals surface area contributed by atoms with E-state index >= 15 is 0 Å². The molecule has 1 aliphatic rings. The topological polar surface area (TPSA) is 72.9 Å². The first kappa shape index (κ1) is 25.4. The molecule has 0 radical (unpaired) electrons. The van der Waals surface area contributed by atoms with Crippen molar-refractivity contribution < 1.29 is 28.2 Å². The van der Waals surface area contributed by atoms with E-state index < -0.39 is 24.7 Å². The summed E-state index contributed by atoms with van der Waals surface area (Å²) in [6.07, 6.45) is 1.44. The van der Waals surface area contributed by atoms with Crippen LogP contribution in [-0.2, 0) is 14.3 Å². The van der Waals surface area contributed by atoms with Gasteiger partial charge in [0.05, 0.1) is 16.4 Å². The van der Waals surface area contributed by atoms with Crippen LogP contribution in [0.2, 0.25) is 5.02 Å². The van der Waals surface area contributed by atoms with Gasteiger partial charge in [-0.05, 0) is 80.1 Å². The number of hydrogen-bond donors (Lipinski definition) is 0. The molecular weight excluding hydrogens is 485 g/mol. The summed E-state index contributed by atoms with van der Waals surface area (Å²) < 4.78 is 24.0. The Morgan fingerprint density at radius 3 is 2.36 bits per heavy atom. The van der Waals surface area contributed by atoms with Gasteiger partial charge in [0, 0.05) is 17.5 Å². The van der Waals surface area contributed by atoms with Crippen molar-refractivity contribution in [1.29, 1.82) is 0 Å². The molecule has 4 rings (SSSR count). The quantitative estimate of drug-likeness (QED) is 0.187. The Morgan fingerprint density at radius 1 is 0.944 bits per heavy atom. The Hall–Kier alpha value is -3.71. The Morgan fingerprint density at radius 2 is 1.69 bits per heavy atom. The average molecular weight is 510 g/mol. The summed E-state index contributed by atoms with van der Waals surface area (Å²) in [6, 6.07) is 15.7. The standard InChI is InChI=1S/C28H25ClFNO5/c1-17-5-3-4-6-22(17)27(33)23-11-10-21(15-24(23)29)31(25-12-9-20(30)13-18(25)2)28(34)36-16-35-26(32)14-19-7-8-19/h3-6,9-13,15,19H,7-8,14,16H2,1-2H3. The van der Waals surface area contributed by atoms with E-state index in [1.54, 1.807) is 25.1 Å². The highest BCUT2D eigenvalue weighted by Gasteiger charge is 2.27. The summed E-state index contributed by atoms with van der Waals surface area (Å²) in [5.74, 6) is -0.804. The third-order valence-corrected chi connectivity index (χ3v) is 6.29. The fraction of sp³-hybridized carbons (Fsp3) is 0.250. The smallest absolute Gasteiger partial charge is 0.421 e. The molecule has 8 heteroatoms. The molecule has 3 aromatic rings. The Kier molecular flexibility index (Phi) is 7.70. The van der Waals surface area contributed by atoms with Crippen LogP contribution in [0, 0.1) is 25.6 Å². The highest BCUT2D eigenvalue weighted by Crippen LogP contribution is 2.34. The van der Waals surface area contributed by atoms with Crippen LogP contribution in [-0.4, -0.2) is 24.6 Å². The molecule has 0 aromatic heterocycles. The maximum Gasteiger partial charge on any atom is 0.421 e. The van der Waals surface area contributed by atoms with E-state index in [1.807, 2.05) is 19.1 Å². The minimum atomic E-state index is -0.849. The Balaban J connectivity index is 1.60. The molecule has 0 N–H and O–H groups in total. The normalized spacial score (nSPS) is 12.7. The number of carbonyl (C=O) groups is 3. The van der Waals surface area contributed by atoms with E-state index in [4.69, 9.17) is 21.1 Å². The molecule has 0 saturated heterocycles. The van der Waals surface area contributed by atoms with Crippen LogP contribution >= 0.6 is 11.6 Å². The third kappa shape index (κ3) is 5.91. The van der Waals surface area contributed by atoms with Gasteiger partial charge in [-0.1, -0.05) is 35.9 Å². The molecule has 1 fully saturated rings. The highest BCUT2D eigenvalue weighted by molar-refractivity contribution is 6.35. The van der Waals surface area contributed by atoms with E-state index in [2.05, 4.69) is 0 Å². The first-order valence-corrected chi connectivity index (χ1v) is 11.9. The first-order valence-electron chi connectivity index (χ1n) is 11.5. The van der Waals surface area contributed by atoms with Crippen molar-refractivity contribution in [1.82, 2.24) is 0 Å². The maximum absolute atomic E-state index is 13.8. The van der Waals surface area contributed by atoms with Crippen molar-refractivity contribution in [3.63, 3.8) is 0 Å². The van der Waals surface area contributed by atoms with Gasteiger partial charge in [0.2, 0.25) is 6.79 Å². The fourth-order valence-corrected chi connectivity index (χ4v) is 4.10. The number of nitrogens with zero attached hydrogens (tertiary/aromatic N) is 1. The first-order chi connectivity index (χ1) is 17.2. The van der Waals surface area contributed by atoms with Crippen molar-refractivity contribution in [3.8, 4) is 0 Å². The van der Waals surface area contributed by atoms with Crippen molar-refractivity contribution in [2.75, 3.05) is 11.7 Å². The lowest BCUT2D eigenvalue weighted by molar-refractivity contribution is -0.152. The number of anilines is 2. The third-order valence-electron chi connectivity index (χ3n) is 5.98. The molecule has 0 aliphatic heterocycles. The number of benzene rings is 3. The molecule has 36 heavy (non-hydrogen) atoms. The molecule has 1 amide bonds. The zero-order valence-electron chi connectivity index (χ0n) is 19.9. The van der Waals surface area contributed by atoms with Crippen LogP contribution in [0.1, 0.15) is 46.3 Å². The van der Waals surface area contributed by atoms with Crippen LogP contribution in [0.5, 0.6) is 0 Å². The van der Waals surface area contributed by atoms with Crippen LogP contribution in [0.4, 0.5) is 20.6 Å². The Bertz CT molecular complexity index is 1320. The number of halogens is 2. The second-order valence-electron chi connectivity index (χ2n) is 8.77. The van der Waals surface area contributed by atoms with Crippen LogP contribution in [0.15, 0.2) is 60.7 Å². The maximum atomic E-state index is 13.8. The number of aryl methyl sites for hydroxylation is 2. The monoisotopic (exact) mass is 509 g/mol. The van der Waals surface area contributed by atoms with Gasteiger partial charge in [-0.3, -0.25) is 9.59 Å². The largest absolute Gasteiger partial charge is 0.428 e. The minimum absolute atomic E-state index is 0.133. The summed E-state index contributed by atoms with van der Waals surface area (Å²) in [7, 11) is 0. The van der Waals surface area contributed by atoms with Gasteiger partial charge in [0.25, 0.3) is 0 Å². The number of amides is 1. The zero-order chi connectivity index (χ0) is 25.8. The molecule has 0 spiro atoms. The van der Waals surface area contributed by atoms with E-state index in [0.717, 1.165) is 18.4 Å². The number of esters is 1. The van der Waals surface area contributed by atoms with E-state index in [1.165, 1.54) is 35.2 Å². The molecule has 3 aromatic carbocycles. The summed E-state index contributed by atoms with van der Waals surface area (Å²) in [4.78, 5) is 39.2. The lowest BCUT2D eigenvalue weighted by Gasteiger charge is -2.24. The van der Waals surface area contributed by atoms with Crippen LogP contribution in [0.3, 0.4) is 0 Å². The lowest BCUT2D eigenvalue weighted by Crippen LogP contribution is -2.29.